The van der Waals surface area contributed by atoms with Gasteiger partial charge >= 0.3 is 0 Å². The van der Waals surface area contributed by atoms with Gasteiger partial charge in [-0.15, -0.1) is 0 Å². The van der Waals surface area contributed by atoms with Crippen LogP contribution in [0.25, 0.3) is 0 Å². The van der Waals surface area contributed by atoms with Crippen molar-refractivity contribution >= 4 is 5.84 Å². The second-order valence-electron chi connectivity index (χ2n) is 5.60. The maximum Gasteiger partial charge on any atom is 0.122 e. The SMILES string of the molecule is N=C(N)C1CCCN(CC2COc3ccccc32)C1. The number of ether oxygens (including phenoxy) is 1. The average Bonchev–Trinajstić information content (AvgIpc) is 2.83. The first kappa shape index (κ1) is 12.5. The summed E-state index contributed by atoms with van der Waals surface area (Å²) in [6, 6.07) is 8.31. The van der Waals surface area contributed by atoms with E-state index in [1.54, 1.807) is 0 Å². The lowest BCUT2D eigenvalue weighted by atomic mass is 9.94. The lowest BCUT2D eigenvalue weighted by Gasteiger charge is -2.33. The Labute approximate surface area is 114 Å². The fourth-order valence-electron chi connectivity index (χ4n) is 3.17. The Hall–Kier alpha value is -1.55. The average molecular weight is 259 g/mol. The lowest BCUT2D eigenvalue weighted by Crippen LogP contribution is -2.42. The minimum atomic E-state index is 0.242. The van der Waals surface area contributed by atoms with Crippen LogP contribution < -0.4 is 10.5 Å². The van der Waals surface area contributed by atoms with E-state index in [1.165, 1.54) is 5.56 Å². The molecule has 2 aliphatic heterocycles. The summed E-state index contributed by atoms with van der Waals surface area (Å²) in [5.41, 5.74) is 6.97. The first-order chi connectivity index (χ1) is 9.24. The quantitative estimate of drug-likeness (QED) is 0.643. The number of likely N-dealkylation sites (tertiary alicyclic amines) is 1. The van der Waals surface area contributed by atoms with Gasteiger partial charge in [0.2, 0.25) is 0 Å². The molecule has 2 aliphatic rings. The number of hydrogen-bond donors (Lipinski definition) is 2. The highest BCUT2D eigenvalue weighted by Gasteiger charge is 2.28. The molecule has 0 aromatic heterocycles. The maximum absolute atomic E-state index is 7.61. The predicted octanol–water partition coefficient (Wildman–Crippen LogP) is 1.81. The molecule has 0 spiro atoms. The van der Waals surface area contributed by atoms with Gasteiger partial charge in [-0.1, -0.05) is 18.2 Å². The van der Waals surface area contributed by atoms with E-state index in [0.717, 1.165) is 44.8 Å². The van der Waals surface area contributed by atoms with Crippen molar-refractivity contribution in [2.75, 3.05) is 26.2 Å². The Kier molecular flexibility index (Phi) is 3.42. The molecule has 0 aliphatic carbocycles. The van der Waals surface area contributed by atoms with Crippen molar-refractivity contribution < 1.29 is 4.74 Å². The Morgan fingerprint density at radius 1 is 1.42 bits per heavy atom. The maximum atomic E-state index is 7.61. The topological polar surface area (TPSA) is 62.3 Å². The van der Waals surface area contributed by atoms with Crippen LogP contribution in [0.3, 0.4) is 0 Å². The van der Waals surface area contributed by atoms with Crippen molar-refractivity contribution in [3.63, 3.8) is 0 Å². The molecule has 0 bridgehead atoms. The minimum absolute atomic E-state index is 0.242. The Morgan fingerprint density at radius 2 is 2.26 bits per heavy atom. The van der Waals surface area contributed by atoms with Crippen LogP contribution in [0.2, 0.25) is 0 Å². The number of nitrogens with one attached hydrogen (secondary N) is 1. The zero-order valence-electron chi connectivity index (χ0n) is 11.1. The van der Waals surface area contributed by atoms with E-state index < -0.39 is 0 Å². The summed E-state index contributed by atoms with van der Waals surface area (Å²) >= 11 is 0. The number of fused-ring (bicyclic) bond motifs is 1. The highest BCUT2D eigenvalue weighted by Crippen LogP contribution is 2.34. The van der Waals surface area contributed by atoms with E-state index in [2.05, 4.69) is 17.0 Å². The molecule has 0 radical (unpaired) electrons. The standard InChI is InChI=1S/C15H21N3O/c16-15(17)11-4-3-7-18(8-11)9-12-10-19-14-6-2-1-5-13(12)14/h1-2,5-6,11-12H,3-4,7-10H2,(H3,16,17). The summed E-state index contributed by atoms with van der Waals surface area (Å²) < 4.78 is 5.73. The zero-order valence-corrected chi connectivity index (χ0v) is 11.1. The number of nitrogens with two attached hydrogens (primary N) is 1. The predicted molar refractivity (Wildman–Crippen MR) is 75.8 cm³/mol. The molecular formula is C15H21N3O. The zero-order chi connectivity index (χ0) is 13.2. The first-order valence-corrected chi connectivity index (χ1v) is 7.02. The Morgan fingerprint density at radius 3 is 3.11 bits per heavy atom. The van der Waals surface area contributed by atoms with E-state index in [9.17, 15) is 0 Å². The number of piperidine rings is 1. The van der Waals surface area contributed by atoms with Gasteiger partial charge in [0.25, 0.3) is 0 Å². The van der Waals surface area contributed by atoms with Gasteiger partial charge in [0, 0.05) is 30.5 Å². The molecule has 0 amide bonds. The summed E-state index contributed by atoms with van der Waals surface area (Å²) in [5.74, 6) is 2.08. The van der Waals surface area contributed by atoms with Crippen LogP contribution in [0.1, 0.15) is 24.3 Å². The van der Waals surface area contributed by atoms with E-state index in [1.807, 2.05) is 12.1 Å². The van der Waals surface area contributed by atoms with Crippen LogP contribution in [-0.2, 0) is 0 Å². The highest BCUT2D eigenvalue weighted by molar-refractivity contribution is 5.79. The van der Waals surface area contributed by atoms with Gasteiger partial charge in [0.1, 0.15) is 5.75 Å². The normalized spacial score (nSPS) is 26.7. The minimum Gasteiger partial charge on any atom is -0.493 e. The van der Waals surface area contributed by atoms with E-state index >= 15 is 0 Å². The van der Waals surface area contributed by atoms with Crippen molar-refractivity contribution in [1.29, 1.82) is 5.41 Å². The molecule has 2 heterocycles. The number of para-hydroxylation sites is 1. The third-order valence-corrected chi connectivity index (χ3v) is 4.22. The van der Waals surface area contributed by atoms with E-state index in [-0.39, 0.29) is 5.92 Å². The van der Waals surface area contributed by atoms with Gasteiger partial charge in [-0.2, -0.15) is 0 Å². The Balaban J connectivity index is 1.65. The van der Waals surface area contributed by atoms with Crippen molar-refractivity contribution in [1.82, 2.24) is 4.90 Å². The van der Waals surface area contributed by atoms with Gasteiger partial charge in [0.05, 0.1) is 12.4 Å². The number of hydrogen-bond acceptors (Lipinski definition) is 3. The molecule has 1 aromatic carbocycles. The summed E-state index contributed by atoms with van der Waals surface area (Å²) in [6.07, 6.45) is 2.20. The fraction of sp³-hybridized carbons (Fsp3) is 0.533. The van der Waals surface area contributed by atoms with Crippen LogP contribution in [0.4, 0.5) is 0 Å². The van der Waals surface area contributed by atoms with Crippen LogP contribution in [-0.4, -0.2) is 37.0 Å². The molecule has 19 heavy (non-hydrogen) atoms. The van der Waals surface area contributed by atoms with Crippen LogP contribution in [0, 0.1) is 11.3 Å². The van der Waals surface area contributed by atoms with Gasteiger partial charge in [0.15, 0.2) is 0 Å². The summed E-state index contributed by atoms with van der Waals surface area (Å²) in [7, 11) is 0. The van der Waals surface area contributed by atoms with E-state index in [0.29, 0.717) is 11.8 Å². The fourth-order valence-corrected chi connectivity index (χ4v) is 3.17. The molecule has 3 rings (SSSR count). The van der Waals surface area contributed by atoms with Gasteiger partial charge in [-0.05, 0) is 25.5 Å². The molecule has 0 saturated carbocycles. The first-order valence-electron chi connectivity index (χ1n) is 7.02. The van der Waals surface area contributed by atoms with Crippen LogP contribution in [0.15, 0.2) is 24.3 Å². The summed E-state index contributed by atoms with van der Waals surface area (Å²) in [5, 5.41) is 7.61. The van der Waals surface area contributed by atoms with Gasteiger partial charge in [-0.25, -0.2) is 0 Å². The molecule has 1 saturated heterocycles. The van der Waals surface area contributed by atoms with E-state index in [4.69, 9.17) is 15.9 Å². The molecule has 4 heteroatoms. The van der Waals surface area contributed by atoms with Gasteiger partial charge in [-0.3, -0.25) is 5.41 Å². The highest BCUT2D eigenvalue weighted by atomic mass is 16.5. The smallest absolute Gasteiger partial charge is 0.122 e. The third kappa shape index (κ3) is 2.59. The number of rotatable bonds is 3. The van der Waals surface area contributed by atoms with Crippen molar-refractivity contribution in [3.8, 4) is 5.75 Å². The largest absolute Gasteiger partial charge is 0.493 e. The number of nitrogens with zero attached hydrogens (tertiary/aromatic N) is 1. The summed E-state index contributed by atoms with van der Waals surface area (Å²) in [6.45, 7) is 3.83. The second kappa shape index (κ2) is 5.21. The Bertz CT molecular complexity index is 474. The lowest BCUT2D eigenvalue weighted by molar-refractivity contribution is 0.182. The van der Waals surface area contributed by atoms with Crippen molar-refractivity contribution in [2.45, 2.75) is 18.8 Å². The number of amidine groups is 1. The van der Waals surface area contributed by atoms with Crippen molar-refractivity contribution in [2.24, 2.45) is 11.7 Å². The molecule has 4 nitrogen and oxygen atoms in total. The molecule has 2 atom stereocenters. The van der Waals surface area contributed by atoms with Gasteiger partial charge < -0.3 is 15.4 Å². The molecule has 2 unspecified atom stereocenters. The molecule has 1 fully saturated rings. The molecule has 1 aromatic rings. The second-order valence-corrected chi connectivity index (χ2v) is 5.60. The van der Waals surface area contributed by atoms with Crippen LogP contribution >= 0.6 is 0 Å². The van der Waals surface area contributed by atoms with Crippen LogP contribution in [0.5, 0.6) is 5.75 Å². The van der Waals surface area contributed by atoms with Crippen molar-refractivity contribution in [3.05, 3.63) is 29.8 Å². The molecule has 102 valence electrons. The third-order valence-electron chi connectivity index (χ3n) is 4.22. The molecule has 3 N–H and O–H groups in total. The number of benzene rings is 1. The molecular weight excluding hydrogens is 238 g/mol. The monoisotopic (exact) mass is 259 g/mol. The summed E-state index contributed by atoms with van der Waals surface area (Å²) in [4.78, 5) is 2.44.